The smallest absolute Gasteiger partial charge is 0.224 e. The molecule has 0 aromatic heterocycles. The summed E-state index contributed by atoms with van der Waals surface area (Å²) in [6.07, 6.45) is 4.88. The number of primary amides is 1. The third kappa shape index (κ3) is 5.89. The molecule has 1 aromatic carbocycles. The Morgan fingerprint density at radius 2 is 1.97 bits per heavy atom. The molecule has 1 aromatic rings. The van der Waals surface area contributed by atoms with Crippen LogP contribution in [-0.4, -0.2) is 60.9 Å². The summed E-state index contributed by atoms with van der Waals surface area (Å²) in [5.74, 6) is -0.908. The second kappa shape index (κ2) is 10.2. The lowest BCUT2D eigenvalue weighted by atomic mass is 9.79. The summed E-state index contributed by atoms with van der Waals surface area (Å²) in [5.41, 5.74) is 5.93. The molecule has 1 radical (unpaired) electrons. The Balaban J connectivity index is 1.51. The van der Waals surface area contributed by atoms with E-state index in [1.54, 1.807) is 6.92 Å². The molecule has 2 amide bonds. The van der Waals surface area contributed by atoms with Gasteiger partial charge in [0, 0.05) is 12.0 Å². The molecule has 0 saturated carbocycles. The lowest BCUT2D eigenvalue weighted by Crippen LogP contribution is -2.49. The third-order valence-corrected chi connectivity index (χ3v) is 6.23. The van der Waals surface area contributed by atoms with Gasteiger partial charge in [-0.25, -0.2) is 0 Å². The number of aryl methyl sites for hydroxylation is 1. The minimum absolute atomic E-state index is 0.0273. The molecular weight excluding hydrogens is 382 g/mol. The van der Waals surface area contributed by atoms with Gasteiger partial charge >= 0.3 is 0 Å². The van der Waals surface area contributed by atoms with Gasteiger partial charge in [0.05, 0.1) is 12.5 Å². The van der Waals surface area contributed by atoms with Gasteiger partial charge in [0.1, 0.15) is 12.6 Å². The first-order valence-electron chi connectivity index (χ1n) is 10.7. The van der Waals surface area contributed by atoms with Crippen molar-refractivity contribution in [3.63, 3.8) is 0 Å². The number of rotatable bonds is 10. The Morgan fingerprint density at radius 1 is 1.27 bits per heavy atom. The van der Waals surface area contributed by atoms with Crippen molar-refractivity contribution in [2.24, 2.45) is 11.1 Å². The van der Waals surface area contributed by atoms with Gasteiger partial charge in [0.25, 0.3) is 0 Å². The second-order valence-electron chi connectivity index (χ2n) is 8.63. The zero-order chi connectivity index (χ0) is 21.6. The van der Waals surface area contributed by atoms with Crippen molar-refractivity contribution >= 4 is 17.6 Å². The molecule has 0 aliphatic carbocycles. The Hall–Kier alpha value is -2.25. The van der Waals surface area contributed by atoms with E-state index in [0.29, 0.717) is 19.4 Å². The number of Topliss-reactive ketones (excluding diaryl/α,β-unsaturated/α-hetero) is 1. The van der Waals surface area contributed by atoms with Crippen LogP contribution in [0.15, 0.2) is 30.3 Å². The van der Waals surface area contributed by atoms with E-state index in [1.165, 1.54) is 6.42 Å². The number of ketones is 1. The summed E-state index contributed by atoms with van der Waals surface area (Å²) in [6, 6.07) is 9.22. The molecule has 7 heteroatoms. The summed E-state index contributed by atoms with van der Waals surface area (Å²) >= 11 is 0. The van der Waals surface area contributed by atoms with Gasteiger partial charge in [-0.15, -0.1) is 0 Å². The van der Waals surface area contributed by atoms with Crippen LogP contribution in [-0.2, 0) is 25.5 Å². The number of carbonyl (C=O) groups is 3. The number of hydrogen-bond acceptors (Lipinski definition) is 5. The second-order valence-corrected chi connectivity index (χ2v) is 8.63. The van der Waals surface area contributed by atoms with E-state index in [0.717, 1.165) is 31.5 Å². The number of ether oxygens (including phenoxy) is 1. The van der Waals surface area contributed by atoms with E-state index >= 15 is 0 Å². The predicted molar refractivity (Wildman–Crippen MR) is 113 cm³/mol. The highest BCUT2D eigenvalue weighted by Crippen LogP contribution is 2.29. The zero-order valence-corrected chi connectivity index (χ0v) is 17.6. The van der Waals surface area contributed by atoms with Crippen LogP contribution in [0.2, 0.25) is 0 Å². The fourth-order valence-electron chi connectivity index (χ4n) is 4.05. The first-order chi connectivity index (χ1) is 14.4. The Kier molecular flexibility index (Phi) is 7.61. The van der Waals surface area contributed by atoms with Crippen LogP contribution in [0.25, 0.3) is 0 Å². The molecule has 2 unspecified atom stereocenters. The predicted octanol–water partition coefficient (Wildman–Crippen LogP) is 1.25. The molecule has 3 atom stereocenters. The van der Waals surface area contributed by atoms with E-state index in [-0.39, 0.29) is 30.8 Å². The largest absolute Gasteiger partial charge is 0.369 e. The fourth-order valence-corrected chi connectivity index (χ4v) is 4.05. The van der Waals surface area contributed by atoms with Crippen molar-refractivity contribution in [2.45, 2.75) is 51.2 Å². The van der Waals surface area contributed by atoms with E-state index in [9.17, 15) is 14.4 Å². The maximum absolute atomic E-state index is 12.5. The average molecular weight is 415 g/mol. The van der Waals surface area contributed by atoms with Crippen LogP contribution in [0, 0.1) is 11.8 Å². The monoisotopic (exact) mass is 414 g/mol. The first kappa shape index (κ1) is 22.4. The molecule has 163 valence electrons. The van der Waals surface area contributed by atoms with Crippen molar-refractivity contribution in [2.75, 3.05) is 26.2 Å². The minimum atomic E-state index is -0.835. The Labute approximate surface area is 178 Å². The highest BCUT2D eigenvalue weighted by Gasteiger charge is 2.39. The molecule has 0 bridgehead atoms. The van der Waals surface area contributed by atoms with Crippen LogP contribution in [0.3, 0.4) is 0 Å². The van der Waals surface area contributed by atoms with E-state index in [2.05, 4.69) is 10.2 Å². The van der Waals surface area contributed by atoms with Gasteiger partial charge in [-0.2, -0.15) is 0 Å². The molecular formula is C23H32N3O4. The highest BCUT2D eigenvalue weighted by atomic mass is 16.5. The van der Waals surface area contributed by atoms with Crippen molar-refractivity contribution in [1.29, 1.82) is 0 Å². The van der Waals surface area contributed by atoms with Crippen LogP contribution in [0.5, 0.6) is 0 Å². The number of hydrogen-bond donors (Lipinski definition) is 2. The normalized spacial score (nSPS) is 24.0. The zero-order valence-electron chi connectivity index (χ0n) is 17.6. The molecule has 2 fully saturated rings. The third-order valence-electron chi connectivity index (χ3n) is 6.23. The lowest BCUT2D eigenvalue weighted by Gasteiger charge is -2.27. The van der Waals surface area contributed by atoms with E-state index in [1.807, 2.05) is 30.3 Å². The van der Waals surface area contributed by atoms with Gasteiger partial charge in [0.15, 0.2) is 5.78 Å². The van der Waals surface area contributed by atoms with Gasteiger partial charge in [-0.05, 0) is 50.8 Å². The standard InChI is InChI=1S/C23H32N3O4/c1-23(22(24)29,11-9-17-7-3-2-4-8-17)12-10-20(28)25-21-18(27)16-30-19(21)15-26-13-5-6-14-26/h2-4,7-8,10,19,21H,5-6,9,11-16H2,1H3,(H2,24,29)(H,25,28)/t19-,21?,23?/m0/s1. The van der Waals surface area contributed by atoms with Gasteiger partial charge in [-0.3, -0.25) is 14.4 Å². The summed E-state index contributed by atoms with van der Waals surface area (Å²) in [4.78, 5) is 39.1. The van der Waals surface area contributed by atoms with Crippen molar-refractivity contribution < 1.29 is 19.1 Å². The van der Waals surface area contributed by atoms with E-state index < -0.39 is 17.4 Å². The number of amides is 2. The van der Waals surface area contributed by atoms with Crippen molar-refractivity contribution in [3.05, 3.63) is 42.3 Å². The maximum atomic E-state index is 12.5. The number of nitrogens with zero attached hydrogens (tertiary/aromatic N) is 1. The summed E-state index contributed by atoms with van der Waals surface area (Å²) in [5, 5.41) is 2.79. The first-order valence-corrected chi connectivity index (χ1v) is 10.7. The quantitative estimate of drug-likeness (QED) is 0.600. The molecule has 3 rings (SSSR count). The summed E-state index contributed by atoms with van der Waals surface area (Å²) < 4.78 is 5.62. The summed E-state index contributed by atoms with van der Waals surface area (Å²) in [7, 11) is 0. The van der Waals surface area contributed by atoms with Crippen LogP contribution in [0.4, 0.5) is 0 Å². The number of benzene rings is 1. The number of likely N-dealkylation sites (tertiary alicyclic amines) is 1. The molecule has 0 spiro atoms. The molecule has 7 nitrogen and oxygen atoms in total. The topological polar surface area (TPSA) is 102 Å². The summed E-state index contributed by atoms with van der Waals surface area (Å²) in [6.45, 7) is 4.45. The van der Waals surface area contributed by atoms with Crippen molar-refractivity contribution in [3.8, 4) is 0 Å². The minimum Gasteiger partial charge on any atom is -0.369 e. The van der Waals surface area contributed by atoms with Crippen LogP contribution in [0.1, 0.15) is 38.2 Å². The average Bonchev–Trinajstić information content (AvgIpc) is 3.37. The van der Waals surface area contributed by atoms with Gasteiger partial charge < -0.3 is 20.7 Å². The SMILES string of the molecule is CC(C[CH]C(=O)NC1C(=O)CO[C@H]1CN1CCCC1)(CCc1ccccc1)C(N)=O. The Morgan fingerprint density at radius 3 is 2.63 bits per heavy atom. The number of nitrogens with two attached hydrogens (primary N) is 1. The van der Waals surface area contributed by atoms with Gasteiger partial charge in [0.2, 0.25) is 11.8 Å². The molecule has 2 saturated heterocycles. The van der Waals surface area contributed by atoms with Crippen molar-refractivity contribution in [1.82, 2.24) is 10.2 Å². The van der Waals surface area contributed by atoms with Crippen LogP contribution >= 0.6 is 0 Å². The number of carbonyl (C=O) groups excluding carboxylic acids is 3. The van der Waals surface area contributed by atoms with E-state index in [4.69, 9.17) is 10.5 Å². The molecule has 2 heterocycles. The highest BCUT2D eigenvalue weighted by molar-refractivity contribution is 5.94. The lowest BCUT2D eigenvalue weighted by molar-refractivity contribution is -0.128. The Bertz CT molecular complexity index is 748. The molecule has 30 heavy (non-hydrogen) atoms. The number of nitrogens with one attached hydrogen (secondary N) is 1. The molecule has 2 aliphatic heterocycles. The molecule has 3 N–H and O–H groups in total. The van der Waals surface area contributed by atoms with Crippen LogP contribution < -0.4 is 11.1 Å². The van der Waals surface area contributed by atoms with Gasteiger partial charge in [-0.1, -0.05) is 37.3 Å². The molecule has 2 aliphatic rings. The fraction of sp³-hybridized carbons (Fsp3) is 0.565. The maximum Gasteiger partial charge on any atom is 0.224 e.